The lowest BCUT2D eigenvalue weighted by Crippen LogP contribution is -2.37. The van der Waals surface area contributed by atoms with E-state index in [0.29, 0.717) is 5.92 Å². The second-order valence-corrected chi connectivity index (χ2v) is 6.21. The fourth-order valence-corrected chi connectivity index (χ4v) is 3.13. The predicted molar refractivity (Wildman–Crippen MR) is 81.3 cm³/mol. The molecule has 0 spiro atoms. The maximum atomic E-state index is 12.3. The summed E-state index contributed by atoms with van der Waals surface area (Å²) in [5.74, 6) is 0.463. The van der Waals surface area contributed by atoms with E-state index in [2.05, 4.69) is 17.4 Å². The third-order valence-corrected chi connectivity index (χ3v) is 4.64. The van der Waals surface area contributed by atoms with E-state index in [4.69, 9.17) is 5.73 Å². The Morgan fingerprint density at radius 2 is 1.95 bits per heavy atom. The molecule has 2 aromatic rings. The zero-order valence-electron chi connectivity index (χ0n) is 11.2. The first-order valence-electron chi connectivity index (χ1n) is 6.90. The Kier molecular flexibility index (Phi) is 3.85. The van der Waals surface area contributed by atoms with Gasteiger partial charge in [-0.15, -0.1) is 11.3 Å². The number of benzene rings is 1. The van der Waals surface area contributed by atoms with Crippen molar-refractivity contribution in [1.29, 1.82) is 0 Å². The average molecular weight is 286 g/mol. The van der Waals surface area contributed by atoms with Gasteiger partial charge in [0.1, 0.15) is 6.04 Å². The Labute approximate surface area is 122 Å². The van der Waals surface area contributed by atoms with Crippen molar-refractivity contribution < 1.29 is 4.79 Å². The van der Waals surface area contributed by atoms with E-state index in [0.717, 1.165) is 4.88 Å². The van der Waals surface area contributed by atoms with Crippen molar-refractivity contribution in [2.24, 2.45) is 11.7 Å². The molecule has 104 valence electrons. The van der Waals surface area contributed by atoms with E-state index >= 15 is 0 Å². The molecule has 20 heavy (non-hydrogen) atoms. The van der Waals surface area contributed by atoms with Crippen LogP contribution >= 0.6 is 11.3 Å². The molecule has 0 radical (unpaired) electrons. The van der Waals surface area contributed by atoms with Gasteiger partial charge in [0, 0.05) is 4.88 Å². The number of carbonyl (C=O) groups excluding carboxylic acids is 1. The van der Waals surface area contributed by atoms with Gasteiger partial charge in [0.05, 0.1) is 6.04 Å². The van der Waals surface area contributed by atoms with Gasteiger partial charge < -0.3 is 11.1 Å². The summed E-state index contributed by atoms with van der Waals surface area (Å²) >= 11 is 1.52. The van der Waals surface area contributed by atoms with Crippen molar-refractivity contribution >= 4 is 17.2 Å². The maximum Gasteiger partial charge on any atom is 0.242 e. The van der Waals surface area contributed by atoms with E-state index in [1.807, 2.05) is 35.7 Å². The number of amides is 1. The summed E-state index contributed by atoms with van der Waals surface area (Å²) in [5.41, 5.74) is 7.20. The third kappa shape index (κ3) is 2.92. The first-order valence-corrected chi connectivity index (χ1v) is 7.78. The van der Waals surface area contributed by atoms with Gasteiger partial charge >= 0.3 is 0 Å². The summed E-state index contributed by atoms with van der Waals surface area (Å²) in [6.45, 7) is 0. The Balaban J connectivity index is 1.72. The molecular formula is C16H18N2OS. The Bertz CT molecular complexity index is 563. The van der Waals surface area contributed by atoms with Crippen LogP contribution in [0.2, 0.25) is 0 Å². The number of nitrogens with two attached hydrogens (primary N) is 1. The topological polar surface area (TPSA) is 55.1 Å². The molecule has 4 heteroatoms. The van der Waals surface area contributed by atoms with E-state index < -0.39 is 6.04 Å². The average Bonchev–Trinajstić information content (AvgIpc) is 3.18. The molecule has 1 heterocycles. The SMILES string of the molecule is NC(C(=O)NC(c1ccccc1)C1CC1)c1cccs1. The standard InChI is InChI=1S/C16H18N2OS/c17-14(13-7-4-10-20-13)16(19)18-15(12-8-9-12)11-5-2-1-3-6-11/h1-7,10,12,14-15H,8-9,17H2,(H,18,19). The summed E-state index contributed by atoms with van der Waals surface area (Å²) < 4.78 is 0. The number of thiophene rings is 1. The zero-order valence-corrected chi connectivity index (χ0v) is 12.0. The first-order chi connectivity index (χ1) is 9.75. The van der Waals surface area contributed by atoms with Gasteiger partial charge in [-0.05, 0) is 35.8 Å². The number of hydrogen-bond acceptors (Lipinski definition) is 3. The zero-order chi connectivity index (χ0) is 13.9. The van der Waals surface area contributed by atoms with Gasteiger partial charge in [-0.25, -0.2) is 0 Å². The van der Waals surface area contributed by atoms with Gasteiger partial charge in [-0.2, -0.15) is 0 Å². The number of carbonyl (C=O) groups is 1. The minimum Gasteiger partial charge on any atom is -0.347 e. The molecule has 1 aromatic heterocycles. The molecule has 1 aliphatic rings. The van der Waals surface area contributed by atoms with Crippen LogP contribution in [0.1, 0.15) is 35.4 Å². The summed E-state index contributed by atoms with van der Waals surface area (Å²) in [6, 6.07) is 13.5. The van der Waals surface area contributed by atoms with Gasteiger partial charge in [0.2, 0.25) is 5.91 Å². The number of nitrogens with one attached hydrogen (secondary N) is 1. The van der Waals surface area contributed by atoms with Crippen LogP contribution in [0.15, 0.2) is 47.8 Å². The highest BCUT2D eigenvalue weighted by molar-refractivity contribution is 7.10. The van der Waals surface area contributed by atoms with Crippen LogP contribution in [0.3, 0.4) is 0 Å². The molecule has 1 fully saturated rings. The smallest absolute Gasteiger partial charge is 0.242 e. The second-order valence-electron chi connectivity index (χ2n) is 5.23. The fraction of sp³-hybridized carbons (Fsp3) is 0.312. The monoisotopic (exact) mass is 286 g/mol. The van der Waals surface area contributed by atoms with Crippen molar-refractivity contribution in [2.45, 2.75) is 24.9 Å². The molecular weight excluding hydrogens is 268 g/mol. The van der Waals surface area contributed by atoms with E-state index in [9.17, 15) is 4.79 Å². The molecule has 1 aliphatic carbocycles. The molecule has 3 N–H and O–H groups in total. The Morgan fingerprint density at radius 3 is 2.55 bits per heavy atom. The molecule has 1 aromatic carbocycles. The molecule has 3 nitrogen and oxygen atoms in total. The highest BCUT2D eigenvalue weighted by Gasteiger charge is 2.34. The van der Waals surface area contributed by atoms with Crippen molar-refractivity contribution in [3.05, 3.63) is 58.3 Å². The van der Waals surface area contributed by atoms with E-state index in [1.54, 1.807) is 0 Å². The van der Waals surface area contributed by atoms with Crippen LogP contribution in [0.5, 0.6) is 0 Å². The van der Waals surface area contributed by atoms with Gasteiger partial charge in [-0.3, -0.25) is 4.79 Å². The van der Waals surface area contributed by atoms with Gasteiger partial charge in [-0.1, -0.05) is 36.4 Å². The maximum absolute atomic E-state index is 12.3. The van der Waals surface area contributed by atoms with Crippen LogP contribution in [0.25, 0.3) is 0 Å². The fourth-order valence-electron chi connectivity index (χ4n) is 2.40. The lowest BCUT2D eigenvalue weighted by atomic mass is 10.0. The molecule has 3 rings (SSSR count). The van der Waals surface area contributed by atoms with E-state index in [1.165, 1.54) is 29.7 Å². The molecule has 1 amide bonds. The minimum atomic E-state index is -0.569. The molecule has 0 aliphatic heterocycles. The molecule has 0 saturated heterocycles. The minimum absolute atomic E-state index is 0.0896. The molecule has 0 bridgehead atoms. The van der Waals surface area contributed by atoms with Crippen LogP contribution < -0.4 is 11.1 Å². The second kappa shape index (κ2) is 5.77. The molecule has 2 atom stereocenters. The quantitative estimate of drug-likeness (QED) is 0.887. The summed E-state index contributed by atoms with van der Waals surface area (Å²) in [6.07, 6.45) is 2.35. The highest BCUT2D eigenvalue weighted by Crippen LogP contribution is 2.41. The lowest BCUT2D eigenvalue weighted by Gasteiger charge is -2.21. The van der Waals surface area contributed by atoms with Crippen molar-refractivity contribution in [1.82, 2.24) is 5.32 Å². The predicted octanol–water partition coefficient (Wildman–Crippen LogP) is 3.02. The van der Waals surface area contributed by atoms with Gasteiger partial charge in [0.25, 0.3) is 0 Å². The van der Waals surface area contributed by atoms with Crippen LogP contribution in [0.4, 0.5) is 0 Å². The van der Waals surface area contributed by atoms with Crippen LogP contribution in [-0.2, 0) is 4.79 Å². The van der Waals surface area contributed by atoms with Crippen LogP contribution in [-0.4, -0.2) is 5.91 Å². The van der Waals surface area contributed by atoms with Crippen molar-refractivity contribution in [3.8, 4) is 0 Å². The first kappa shape index (κ1) is 13.3. The van der Waals surface area contributed by atoms with Crippen LogP contribution in [0, 0.1) is 5.92 Å². The van der Waals surface area contributed by atoms with Crippen molar-refractivity contribution in [3.63, 3.8) is 0 Å². The highest BCUT2D eigenvalue weighted by atomic mass is 32.1. The Morgan fingerprint density at radius 1 is 1.20 bits per heavy atom. The van der Waals surface area contributed by atoms with E-state index in [-0.39, 0.29) is 11.9 Å². The molecule has 2 unspecified atom stereocenters. The van der Waals surface area contributed by atoms with Crippen molar-refractivity contribution in [2.75, 3.05) is 0 Å². The molecule has 1 saturated carbocycles. The van der Waals surface area contributed by atoms with Gasteiger partial charge in [0.15, 0.2) is 0 Å². The number of rotatable bonds is 5. The summed E-state index contributed by atoms with van der Waals surface area (Å²) in [5, 5.41) is 5.07. The normalized spacial score (nSPS) is 17.4. The largest absolute Gasteiger partial charge is 0.347 e. The summed E-state index contributed by atoms with van der Waals surface area (Å²) in [4.78, 5) is 13.2. The summed E-state index contributed by atoms with van der Waals surface area (Å²) in [7, 11) is 0. The third-order valence-electron chi connectivity index (χ3n) is 3.68. The lowest BCUT2D eigenvalue weighted by molar-refractivity contribution is -0.123. The number of hydrogen-bond donors (Lipinski definition) is 2. The Hall–Kier alpha value is -1.65.